The number of nitrogens with one attached hydrogen (secondary N) is 1. The van der Waals surface area contributed by atoms with Crippen LogP contribution in [0.4, 0.5) is 5.69 Å². The normalized spacial score (nSPS) is 17.1. The van der Waals surface area contributed by atoms with Gasteiger partial charge in [0.05, 0.1) is 0 Å². The summed E-state index contributed by atoms with van der Waals surface area (Å²) in [5.74, 6) is 0. The molecule has 1 aliphatic carbocycles. The average Bonchev–Trinajstić information content (AvgIpc) is 2.33. The lowest BCUT2D eigenvalue weighted by Gasteiger charge is -2.49. The molecule has 0 unspecified atom stereocenters. The first kappa shape index (κ1) is 15.3. The summed E-state index contributed by atoms with van der Waals surface area (Å²) >= 11 is 0. The van der Waals surface area contributed by atoms with E-state index in [2.05, 4.69) is 61.4 Å². The van der Waals surface area contributed by atoms with E-state index in [-0.39, 0.29) is 0 Å². The molecular weight excluding hydrogens is 246 g/mol. The van der Waals surface area contributed by atoms with Crippen LogP contribution in [0.5, 0.6) is 0 Å². The highest BCUT2D eigenvalue weighted by Gasteiger charge is 2.40. The van der Waals surface area contributed by atoms with E-state index >= 15 is 0 Å². The van der Waals surface area contributed by atoms with Crippen LogP contribution in [0.3, 0.4) is 0 Å². The molecule has 0 bridgehead atoms. The van der Waals surface area contributed by atoms with E-state index in [0.29, 0.717) is 5.54 Å². The summed E-state index contributed by atoms with van der Waals surface area (Å²) in [4.78, 5) is 4.84. The number of anilines is 1. The van der Waals surface area contributed by atoms with Gasteiger partial charge in [-0.25, -0.2) is 0 Å². The molecule has 0 radical (unpaired) electrons. The maximum Gasteiger partial charge on any atom is 0.0394 e. The van der Waals surface area contributed by atoms with Gasteiger partial charge in [-0.2, -0.15) is 0 Å². The molecule has 0 spiro atoms. The Morgan fingerprint density at radius 1 is 1.20 bits per heavy atom. The number of nitrogens with zero attached hydrogens (tertiary/aromatic N) is 2. The van der Waals surface area contributed by atoms with Crippen LogP contribution in [-0.4, -0.2) is 45.2 Å². The smallest absolute Gasteiger partial charge is 0.0394 e. The number of aryl methyl sites for hydroxylation is 1. The van der Waals surface area contributed by atoms with Crippen molar-refractivity contribution in [2.45, 2.75) is 38.3 Å². The number of rotatable bonds is 6. The molecule has 1 aromatic rings. The zero-order valence-corrected chi connectivity index (χ0v) is 13.7. The standard InChI is InChI=1S/C17H29N3/c1-14-11-15(12-18-2)7-8-16(14)20(5)13-17(19(3)4)9-6-10-17/h7-8,11,18H,6,9-10,12-13H2,1-5H3. The molecule has 1 aromatic carbocycles. The van der Waals surface area contributed by atoms with Crippen molar-refractivity contribution < 1.29 is 0 Å². The zero-order valence-electron chi connectivity index (χ0n) is 13.7. The van der Waals surface area contributed by atoms with Gasteiger partial charge in [0, 0.05) is 31.4 Å². The molecule has 1 fully saturated rings. The topological polar surface area (TPSA) is 18.5 Å². The van der Waals surface area contributed by atoms with E-state index in [1.54, 1.807) is 0 Å². The Hall–Kier alpha value is -1.06. The van der Waals surface area contributed by atoms with Crippen molar-refractivity contribution in [2.75, 3.05) is 39.6 Å². The third kappa shape index (κ3) is 2.99. The maximum absolute atomic E-state index is 3.21. The van der Waals surface area contributed by atoms with Gasteiger partial charge in [-0.05, 0) is 64.5 Å². The van der Waals surface area contributed by atoms with Crippen LogP contribution in [0.25, 0.3) is 0 Å². The van der Waals surface area contributed by atoms with E-state index in [1.807, 2.05) is 7.05 Å². The van der Waals surface area contributed by atoms with Gasteiger partial charge in [-0.3, -0.25) is 0 Å². The Bertz CT molecular complexity index is 450. The molecule has 0 saturated heterocycles. The minimum absolute atomic E-state index is 0.380. The SMILES string of the molecule is CNCc1ccc(N(C)CC2(N(C)C)CCC2)c(C)c1. The van der Waals surface area contributed by atoms with E-state index in [4.69, 9.17) is 0 Å². The van der Waals surface area contributed by atoms with E-state index in [9.17, 15) is 0 Å². The first-order valence-electron chi connectivity index (χ1n) is 7.61. The predicted molar refractivity (Wildman–Crippen MR) is 87.5 cm³/mol. The van der Waals surface area contributed by atoms with Crippen molar-refractivity contribution in [2.24, 2.45) is 0 Å². The van der Waals surface area contributed by atoms with Gasteiger partial charge in [0.25, 0.3) is 0 Å². The molecule has 112 valence electrons. The molecule has 3 heteroatoms. The van der Waals surface area contributed by atoms with Gasteiger partial charge < -0.3 is 15.1 Å². The number of likely N-dealkylation sites (N-methyl/N-ethyl adjacent to an activating group) is 2. The van der Waals surface area contributed by atoms with Gasteiger partial charge in [-0.15, -0.1) is 0 Å². The largest absolute Gasteiger partial charge is 0.373 e. The van der Waals surface area contributed by atoms with Crippen LogP contribution < -0.4 is 10.2 Å². The van der Waals surface area contributed by atoms with Gasteiger partial charge in [-0.1, -0.05) is 12.1 Å². The molecule has 0 amide bonds. The first-order chi connectivity index (χ1) is 9.48. The van der Waals surface area contributed by atoms with E-state index in [0.717, 1.165) is 13.1 Å². The molecule has 1 aliphatic rings. The Kier molecular flexibility index (Phi) is 4.71. The third-order valence-electron chi connectivity index (χ3n) is 4.82. The lowest BCUT2D eigenvalue weighted by molar-refractivity contribution is 0.0683. The Balaban J connectivity index is 2.11. The predicted octanol–water partition coefficient (Wildman–Crippen LogP) is 2.63. The summed E-state index contributed by atoms with van der Waals surface area (Å²) in [6.45, 7) is 4.27. The molecule has 2 rings (SSSR count). The van der Waals surface area contributed by atoms with Crippen LogP contribution in [0.1, 0.15) is 30.4 Å². The lowest BCUT2D eigenvalue weighted by atomic mass is 9.75. The summed E-state index contributed by atoms with van der Waals surface area (Å²) < 4.78 is 0. The fourth-order valence-electron chi connectivity index (χ4n) is 3.32. The second kappa shape index (κ2) is 6.15. The third-order valence-corrected chi connectivity index (χ3v) is 4.82. The first-order valence-corrected chi connectivity index (χ1v) is 7.61. The number of hydrogen-bond donors (Lipinski definition) is 1. The zero-order chi connectivity index (χ0) is 14.8. The maximum atomic E-state index is 3.21. The summed E-state index contributed by atoms with van der Waals surface area (Å²) in [7, 11) is 8.65. The summed E-state index contributed by atoms with van der Waals surface area (Å²) in [6, 6.07) is 6.80. The molecule has 3 nitrogen and oxygen atoms in total. The van der Waals surface area contributed by atoms with Gasteiger partial charge in [0.2, 0.25) is 0 Å². The summed E-state index contributed by atoms with van der Waals surface area (Å²) in [5.41, 5.74) is 4.46. The van der Waals surface area contributed by atoms with Crippen molar-refractivity contribution in [1.82, 2.24) is 10.2 Å². The molecule has 1 N–H and O–H groups in total. The number of hydrogen-bond acceptors (Lipinski definition) is 3. The van der Waals surface area contributed by atoms with Crippen molar-refractivity contribution in [3.8, 4) is 0 Å². The highest BCUT2D eigenvalue weighted by Crippen LogP contribution is 2.37. The summed E-state index contributed by atoms with van der Waals surface area (Å²) in [5, 5.41) is 3.21. The van der Waals surface area contributed by atoms with E-state index < -0.39 is 0 Å². The Morgan fingerprint density at radius 2 is 1.90 bits per heavy atom. The minimum atomic E-state index is 0.380. The Labute approximate surface area is 124 Å². The van der Waals surface area contributed by atoms with Crippen LogP contribution in [0.15, 0.2) is 18.2 Å². The number of benzene rings is 1. The fourth-order valence-corrected chi connectivity index (χ4v) is 3.32. The van der Waals surface area contributed by atoms with Crippen molar-refractivity contribution in [3.63, 3.8) is 0 Å². The van der Waals surface area contributed by atoms with Crippen LogP contribution in [0, 0.1) is 6.92 Å². The molecule has 0 heterocycles. The van der Waals surface area contributed by atoms with Crippen LogP contribution in [-0.2, 0) is 6.54 Å². The van der Waals surface area contributed by atoms with Gasteiger partial charge >= 0.3 is 0 Å². The second-order valence-corrected chi connectivity index (χ2v) is 6.48. The summed E-state index contributed by atoms with van der Waals surface area (Å²) in [6.07, 6.45) is 4.01. The lowest BCUT2D eigenvalue weighted by Crippen LogP contribution is -2.56. The van der Waals surface area contributed by atoms with Crippen molar-refractivity contribution in [1.29, 1.82) is 0 Å². The Morgan fingerprint density at radius 3 is 2.35 bits per heavy atom. The molecular formula is C17H29N3. The average molecular weight is 275 g/mol. The molecule has 20 heavy (non-hydrogen) atoms. The highest BCUT2D eigenvalue weighted by atomic mass is 15.2. The van der Waals surface area contributed by atoms with Crippen molar-refractivity contribution in [3.05, 3.63) is 29.3 Å². The van der Waals surface area contributed by atoms with Crippen LogP contribution >= 0.6 is 0 Å². The van der Waals surface area contributed by atoms with Crippen molar-refractivity contribution >= 4 is 5.69 Å². The molecule has 0 aliphatic heterocycles. The van der Waals surface area contributed by atoms with Gasteiger partial charge in [0.1, 0.15) is 0 Å². The molecule has 0 atom stereocenters. The minimum Gasteiger partial charge on any atom is -0.373 e. The highest BCUT2D eigenvalue weighted by molar-refractivity contribution is 5.54. The fraction of sp³-hybridized carbons (Fsp3) is 0.647. The van der Waals surface area contributed by atoms with E-state index in [1.165, 1.54) is 36.1 Å². The quantitative estimate of drug-likeness (QED) is 0.861. The monoisotopic (exact) mass is 275 g/mol. The molecule has 1 saturated carbocycles. The van der Waals surface area contributed by atoms with Crippen LogP contribution in [0.2, 0.25) is 0 Å². The molecule has 0 aromatic heterocycles. The second-order valence-electron chi connectivity index (χ2n) is 6.48. The van der Waals surface area contributed by atoms with Gasteiger partial charge in [0.15, 0.2) is 0 Å².